The van der Waals surface area contributed by atoms with E-state index in [9.17, 15) is 9.59 Å². The first kappa shape index (κ1) is 19.9. The van der Waals surface area contributed by atoms with Crippen molar-refractivity contribution in [1.29, 1.82) is 0 Å². The third-order valence-corrected chi connectivity index (χ3v) is 4.37. The van der Waals surface area contributed by atoms with Crippen molar-refractivity contribution in [3.63, 3.8) is 0 Å². The standard InChI is InChI=1S/C18H35N3O2/c1-3-5-6-7-8-12-20-17(22)15-14-16(15)18(23)21-13-10-9-11-19-4-2/h15-16,19H,3-14H2,1-2H3,(H,20,22)(H,21,23). The Kier molecular flexibility index (Phi) is 10.7. The summed E-state index contributed by atoms with van der Waals surface area (Å²) in [6.07, 6.45) is 8.74. The van der Waals surface area contributed by atoms with Gasteiger partial charge in [-0.05, 0) is 38.8 Å². The molecule has 3 N–H and O–H groups in total. The molecule has 2 atom stereocenters. The number of carbonyl (C=O) groups excluding carboxylic acids is 2. The molecule has 1 aliphatic carbocycles. The molecule has 23 heavy (non-hydrogen) atoms. The summed E-state index contributed by atoms with van der Waals surface area (Å²) in [5.41, 5.74) is 0. The van der Waals surface area contributed by atoms with Crippen LogP contribution in [0.1, 0.15) is 65.2 Å². The van der Waals surface area contributed by atoms with Gasteiger partial charge in [-0.1, -0.05) is 39.5 Å². The lowest BCUT2D eigenvalue weighted by Crippen LogP contribution is -2.31. The average Bonchev–Trinajstić information content (AvgIpc) is 3.34. The molecule has 2 unspecified atom stereocenters. The Morgan fingerprint density at radius 2 is 1.30 bits per heavy atom. The van der Waals surface area contributed by atoms with Crippen LogP contribution in [0.4, 0.5) is 0 Å². The van der Waals surface area contributed by atoms with Crippen LogP contribution < -0.4 is 16.0 Å². The summed E-state index contributed by atoms with van der Waals surface area (Å²) in [4.78, 5) is 23.9. The third kappa shape index (κ3) is 8.94. The van der Waals surface area contributed by atoms with Gasteiger partial charge in [-0.25, -0.2) is 0 Å². The number of nitrogens with one attached hydrogen (secondary N) is 3. The highest BCUT2D eigenvalue weighted by atomic mass is 16.2. The zero-order chi connectivity index (χ0) is 16.9. The van der Waals surface area contributed by atoms with Gasteiger partial charge < -0.3 is 16.0 Å². The third-order valence-electron chi connectivity index (χ3n) is 4.37. The second-order valence-electron chi connectivity index (χ2n) is 6.51. The maximum Gasteiger partial charge on any atom is 0.223 e. The summed E-state index contributed by atoms with van der Waals surface area (Å²) < 4.78 is 0. The second-order valence-corrected chi connectivity index (χ2v) is 6.51. The maximum atomic E-state index is 12.0. The summed E-state index contributed by atoms with van der Waals surface area (Å²) in [7, 11) is 0. The molecule has 0 spiro atoms. The monoisotopic (exact) mass is 325 g/mol. The minimum atomic E-state index is -0.0936. The van der Waals surface area contributed by atoms with Crippen LogP contribution >= 0.6 is 0 Å². The van der Waals surface area contributed by atoms with Crippen LogP contribution in [0.3, 0.4) is 0 Å². The van der Waals surface area contributed by atoms with E-state index in [1.54, 1.807) is 0 Å². The molecule has 0 aliphatic heterocycles. The maximum absolute atomic E-state index is 12.0. The van der Waals surface area contributed by atoms with E-state index in [4.69, 9.17) is 0 Å². The number of hydrogen-bond acceptors (Lipinski definition) is 3. The molecule has 0 aromatic carbocycles. The van der Waals surface area contributed by atoms with Gasteiger partial charge in [0, 0.05) is 13.1 Å². The molecule has 0 heterocycles. The van der Waals surface area contributed by atoms with Crippen LogP contribution in [0, 0.1) is 11.8 Å². The normalized spacial score (nSPS) is 19.4. The van der Waals surface area contributed by atoms with E-state index >= 15 is 0 Å². The summed E-state index contributed by atoms with van der Waals surface area (Å²) in [6.45, 7) is 7.74. The molecule has 1 fully saturated rings. The van der Waals surface area contributed by atoms with Crippen molar-refractivity contribution in [3.8, 4) is 0 Å². The lowest BCUT2D eigenvalue weighted by atomic mass is 10.1. The van der Waals surface area contributed by atoms with Crippen molar-refractivity contribution < 1.29 is 9.59 Å². The molecule has 5 nitrogen and oxygen atoms in total. The van der Waals surface area contributed by atoms with E-state index in [1.807, 2.05) is 0 Å². The van der Waals surface area contributed by atoms with Gasteiger partial charge in [0.25, 0.3) is 0 Å². The molecule has 0 aromatic rings. The predicted molar refractivity (Wildman–Crippen MR) is 94.2 cm³/mol. The molecular weight excluding hydrogens is 290 g/mol. The fourth-order valence-corrected chi connectivity index (χ4v) is 2.74. The fraction of sp³-hybridized carbons (Fsp3) is 0.889. The molecule has 1 saturated carbocycles. The van der Waals surface area contributed by atoms with Gasteiger partial charge in [0.05, 0.1) is 11.8 Å². The van der Waals surface area contributed by atoms with Gasteiger partial charge in [0.1, 0.15) is 0 Å². The van der Waals surface area contributed by atoms with Crippen LogP contribution in [-0.4, -0.2) is 38.0 Å². The molecule has 0 saturated heterocycles. The van der Waals surface area contributed by atoms with Gasteiger partial charge in [-0.2, -0.15) is 0 Å². The fourth-order valence-electron chi connectivity index (χ4n) is 2.74. The van der Waals surface area contributed by atoms with E-state index < -0.39 is 0 Å². The first-order valence-corrected chi connectivity index (χ1v) is 9.46. The molecule has 1 rings (SSSR count). The predicted octanol–water partition coefficient (Wildman–Crippen LogP) is 2.21. The number of rotatable bonds is 14. The highest BCUT2D eigenvalue weighted by molar-refractivity contribution is 5.92. The summed E-state index contributed by atoms with van der Waals surface area (Å²) in [5.74, 6) is -0.0689. The zero-order valence-corrected chi connectivity index (χ0v) is 15.0. The van der Waals surface area contributed by atoms with Gasteiger partial charge in [0.15, 0.2) is 0 Å². The van der Waals surface area contributed by atoms with Crippen molar-refractivity contribution in [2.75, 3.05) is 26.2 Å². The summed E-state index contributed by atoms with van der Waals surface area (Å²) in [6, 6.07) is 0. The Bertz CT molecular complexity index is 315. The molecule has 134 valence electrons. The van der Waals surface area contributed by atoms with E-state index in [0.29, 0.717) is 13.0 Å². The number of hydrogen-bond donors (Lipinski definition) is 3. The molecule has 0 aromatic heterocycles. The minimum absolute atomic E-state index is 0.0524. The first-order valence-electron chi connectivity index (χ1n) is 9.46. The highest BCUT2D eigenvalue weighted by Gasteiger charge is 2.47. The van der Waals surface area contributed by atoms with E-state index in [-0.39, 0.29) is 23.7 Å². The number of unbranched alkanes of at least 4 members (excludes halogenated alkanes) is 5. The van der Waals surface area contributed by atoms with Crippen molar-refractivity contribution in [2.24, 2.45) is 11.8 Å². The first-order chi connectivity index (χ1) is 11.2. The molecule has 0 radical (unpaired) electrons. The smallest absolute Gasteiger partial charge is 0.223 e. The van der Waals surface area contributed by atoms with Crippen molar-refractivity contribution in [3.05, 3.63) is 0 Å². The number of amides is 2. The van der Waals surface area contributed by atoms with E-state index in [1.165, 1.54) is 25.7 Å². The van der Waals surface area contributed by atoms with Crippen molar-refractivity contribution >= 4 is 11.8 Å². The number of carbonyl (C=O) groups is 2. The van der Waals surface area contributed by atoms with Crippen LogP contribution in [0.25, 0.3) is 0 Å². The molecule has 5 heteroatoms. The molecule has 0 bridgehead atoms. The lowest BCUT2D eigenvalue weighted by Gasteiger charge is -2.06. The topological polar surface area (TPSA) is 70.2 Å². The Hall–Kier alpha value is -1.10. The van der Waals surface area contributed by atoms with Crippen LogP contribution in [0.2, 0.25) is 0 Å². The molecular formula is C18H35N3O2. The largest absolute Gasteiger partial charge is 0.356 e. The van der Waals surface area contributed by atoms with E-state index in [0.717, 1.165) is 38.9 Å². The average molecular weight is 325 g/mol. The molecule has 2 amide bonds. The Balaban J connectivity index is 1.99. The summed E-state index contributed by atoms with van der Waals surface area (Å²) in [5, 5.41) is 9.18. The zero-order valence-electron chi connectivity index (χ0n) is 15.0. The van der Waals surface area contributed by atoms with Gasteiger partial charge in [-0.3, -0.25) is 9.59 Å². The Morgan fingerprint density at radius 3 is 1.87 bits per heavy atom. The van der Waals surface area contributed by atoms with Gasteiger partial charge >= 0.3 is 0 Å². The SMILES string of the molecule is CCCCCCCNC(=O)C1CC1C(=O)NCCCCNCC. The minimum Gasteiger partial charge on any atom is -0.356 e. The lowest BCUT2D eigenvalue weighted by molar-refractivity contribution is -0.127. The van der Waals surface area contributed by atoms with Crippen LogP contribution in [0.15, 0.2) is 0 Å². The second kappa shape index (κ2) is 12.3. The van der Waals surface area contributed by atoms with E-state index in [2.05, 4.69) is 29.8 Å². The highest BCUT2D eigenvalue weighted by Crippen LogP contribution is 2.38. The van der Waals surface area contributed by atoms with Crippen molar-refractivity contribution in [1.82, 2.24) is 16.0 Å². The van der Waals surface area contributed by atoms with Crippen LogP contribution in [-0.2, 0) is 9.59 Å². The summed E-state index contributed by atoms with van der Waals surface area (Å²) >= 11 is 0. The Morgan fingerprint density at radius 1 is 0.783 bits per heavy atom. The van der Waals surface area contributed by atoms with Gasteiger partial charge in [-0.15, -0.1) is 0 Å². The van der Waals surface area contributed by atoms with Crippen molar-refractivity contribution in [2.45, 2.75) is 65.2 Å². The Labute approximate surface area is 141 Å². The molecule has 1 aliphatic rings. The van der Waals surface area contributed by atoms with Crippen LogP contribution in [0.5, 0.6) is 0 Å². The quantitative estimate of drug-likeness (QED) is 0.429. The van der Waals surface area contributed by atoms with Gasteiger partial charge in [0.2, 0.25) is 11.8 Å².